The molecular weight excluding hydrogens is 228 g/mol. The van der Waals surface area contributed by atoms with E-state index in [0.29, 0.717) is 18.9 Å². The number of rotatable bonds is 4. The van der Waals surface area contributed by atoms with Crippen LogP contribution in [0.15, 0.2) is 24.3 Å². The fourth-order valence-corrected chi connectivity index (χ4v) is 2.38. The minimum absolute atomic E-state index is 0.162. The maximum Gasteiger partial charge on any atom is 0.227 e. The molecule has 1 atom stereocenters. The molecule has 98 valence electrons. The van der Waals surface area contributed by atoms with Gasteiger partial charge in [0, 0.05) is 18.7 Å². The molecule has 0 spiro atoms. The third-order valence-corrected chi connectivity index (χ3v) is 3.51. The molecule has 2 rings (SSSR count). The number of likely N-dealkylation sites (tertiary alicyclic amines) is 1. The van der Waals surface area contributed by atoms with Crippen LogP contribution < -0.4 is 10.5 Å². The van der Waals surface area contributed by atoms with Crippen LogP contribution >= 0.6 is 0 Å². The smallest absolute Gasteiger partial charge is 0.227 e. The van der Waals surface area contributed by atoms with Gasteiger partial charge in [0.25, 0.3) is 0 Å². The second-order valence-corrected chi connectivity index (χ2v) is 4.72. The van der Waals surface area contributed by atoms with E-state index in [1.165, 1.54) is 0 Å². The Balaban J connectivity index is 1.99. The van der Waals surface area contributed by atoms with Crippen molar-refractivity contribution in [3.8, 4) is 5.75 Å². The first-order valence-corrected chi connectivity index (χ1v) is 6.34. The molecule has 2 N–H and O–H groups in total. The highest BCUT2D eigenvalue weighted by molar-refractivity contribution is 5.79. The topological polar surface area (TPSA) is 55.6 Å². The molecule has 0 aromatic heterocycles. The van der Waals surface area contributed by atoms with Gasteiger partial charge in [-0.15, -0.1) is 0 Å². The summed E-state index contributed by atoms with van der Waals surface area (Å²) in [6, 6.07) is 7.66. The fourth-order valence-electron chi connectivity index (χ4n) is 2.38. The van der Waals surface area contributed by atoms with Crippen molar-refractivity contribution >= 4 is 5.91 Å². The zero-order valence-corrected chi connectivity index (χ0v) is 10.8. The number of carbonyl (C=O) groups excluding carboxylic acids is 1. The monoisotopic (exact) mass is 248 g/mol. The van der Waals surface area contributed by atoms with E-state index in [0.717, 1.165) is 30.8 Å². The largest absolute Gasteiger partial charge is 0.496 e. The van der Waals surface area contributed by atoms with Crippen molar-refractivity contribution in [2.24, 2.45) is 11.7 Å². The lowest BCUT2D eigenvalue weighted by atomic mass is 10.1. The van der Waals surface area contributed by atoms with Crippen molar-refractivity contribution < 1.29 is 9.53 Å². The van der Waals surface area contributed by atoms with Gasteiger partial charge in [0.15, 0.2) is 0 Å². The lowest BCUT2D eigenvalue weighted by molar-refractivity contribution is -0.129. The van der Waals surface area contributed by atoms with Crippen LogP contribution in [0.1, 0.15) is 12.0 Å². The molecule has 1 amide bonds. The molecule has 1 unspecified atom stereocenters. The minimum atomic E-state index is 0.162. The van der Waals surface area contributed by atoms with Crippen LogP contribution in [-0.2, 0) is 11.2 Å². The standard InChI is InChI=1S/C14H20N2O2/c1-18-13-5-3-2-4-12(13)8-14(17)16-7-6-11(9-15)10-16/h2-5,11H,6-10,15H2,1H3. The van der Waals surface area contributed by atoms with Crippen LogP contribution in [0, 0.1) is 5.92 Å². The number of methoxy groups -OCH3 is 1. The van der Waals surface area contributed by atoms with Gasteiger partial charge in [-0.3, -0.25) is 4.79 Å². The number of amides is 1. The molecule has 0 aliphatic carbocycles. The molecule has 1 heterocycles. The molecule has 1 aromatic rings. The van der Waals surface area contributed by atoms with Crippen LogP contribution in [0.2, 0.25) is 0 Å². The van der Waals surface area contributed by atoms with E-state index in [9.17, 15) is 4.79 Å². The van der Waals surface area contributed by atoms with Crippen LogP contribution in [0.4, 0.5) is 0 Å². The molecule has 18 heavy (non-hydrogen) atoms. The predicted octanol–water partition coefficient (Wildman–Crippen LogP) is 1.04. The highest BCUT2D eigenvalue weighted by atomic mass is 16.5. The third-order valence-electron chi connectivity index (χ3n) is 3.51. The van der Waals surface area contributed by atoms with Gasteiger partial charge >= 0.3 is 0 Å². The van der Waals surface area contributed by atoms with E-state index in [4.69, 9.17) is 10.5 Å². The maximum atomic E-state index is 12.2. The first-order valence-electron chi connectivity index (χ1n) is 6.34. The summed E-state index contributed by atoms with van der Waals surface area (Å²) in [4.78, 5) is 14.1. The second kappa shape index (κ2) is 5.87. The highest BCUT2D eigenvalue weighted by Crippen LogP contribution is 2.21. The van der Waals surface area contributed by atoms with Crippen molar-refractivity contribution in [2.45, 2.75) is 12.8 Å². The zero-order chi connectivity index (χ0) is 13.0. The van der Waals surface area contributed by atoms with E-state index < -0.39 is 0 Å². The number of para-hydroxylation sites is 1. The summed E-state index contributed by atoms with van der Waals surface area (Å²) >= 11 is 0. The summed E-state index contributed by atoms with van der Waals surface area (Å²) in [5.74, 6) is 1.41. The van der Waals surface area contributed by atoms with Crippen LogP contribution in [-0.4, -0.2) is 37.6 Å². The molecule has 1 fully saturated rings. The number of nitrogens with two attached hydrogens (primary N) is 1. The van der Waals surface area contributed by atoms with E-state index in [1.54, 1.807) is 7.11 Å². The molecule has 0 bridgehead atoms. The summed E-state index contributed by atoms with van der Waals surface area (Å²) in [7, 11) is 1.63. The summed E-state index contributed by atoms with van der Waals surface area (Å²) in [5, 5.41) is 0. The van der Waals surface area contributed by atoms with Crippen molar-refractivity contribution in [2.75, 3.05) is 26.7 Å². The highest BCUT2D eigenvalue weighted by Gasteiger charge is 2.25. The number of nitrogens with zero attached hydrogens (tertiary/aromatic N) is 1. The van der Waals surface area contributed by atoms with Gasteiger partial charge < -0.3 is 15.4 Å². The van der Waals surface area contributed by atoms with Crippen LogP contribution in [0.5, 0.6) is 5.75 Å². The normalized spacial score (nSPS) is 19.0. The van der Waals surface area contributed by atoms with Gasteiger partial charge in [0.05, 0.1) is 13.5 Å². The number of carbonyl (C=O) groups is 1. The number of hydrogen-bond acceptors (Lipinski definition) is 3. The molecule has 1 saturated heterocycles. The second-order valence-electron chi connectivity index (χ2n) is 4.72. The van der Waals surface area contributed by atoms with Gasteiger partial charge in [-0.25, -0.2) is 0 Å². The molecule has 1 aromatic carbocycles. The molecule has 1 aliphatic heterocycles. The Hall–Kier alpha value is -1.55. The Labute approximate surface area is 108 Å². The van der Waals surface area contributed by atoms with Crippen molar-refractivity contribution in [3.63, 3.8) is 0 Å². The molecule has 4 nitrogen and oxygen atoms in total. The van der Waals surface area contributed by atoms with Crippen molar-refractivity contribution in [3.05, 3.63) is 29.8 Å². The van der Waals surface area contributed by atoms with Gasteiger partial charge in [-0.2, -0.15) is 0 Å². The molecule has 0 radical (unpaired) electrons. The summed E-state index contributed by atoms with van der Waals surface area (Å²) < 4.78 is 5.26. The molecular formula is C14H20N2O2. The first kappa shape index (κ1) is 12.9. The summed E-state index contributed by atoms with van der Waals surface area (Å²) in [5.41, 5.74) is 6.58. The van der Waals surface area contributed by atoms with E-state index in [-0.39, 0.29) is 5.91 Å². The fraction of sp³-hybridized carbons (Fsp3) is 0.500. The third kappa shape index (κ3) is 2.82. The number of benzene rings is 1. The first-order chi connectivity index (χ1) is 8.74. The van der Waals surface area contributed by atoms with E-state index >= 15 is 0 Å². The van der Waals surface area contributed by atoms with E-state index in [1.807, 2.05) is 29.2 Å². The van der Waals surface area contributed by atoms with Gasteiger partial charge in [-0.05, 0) is 24.9 Å². The predicted molar refractivity (Wildman–Crippen MR) is 70.4 cm³/mol. The van der Waals surface area contributed by atoms with Gasteiger partial charge in [-0.1, -0.05) is 18.2 Å². The molecule has 0 saturated carbocycles. The van der Waals surface area contributed by atoms with Crippen molar-refractivity contribution in [1.82, 2.24) is 4.90 Å². The van der Waals surface area contributed by atoms with Crippen molar-refractivity contribution in [1.29, 1.82) is 0 Å². The van der Waals surface area contributed by atoms with E-state index in [2.05, 4.69) is 0 Å². The Kier molecular flexibility index (Phi) is 4.20. The maximum absolute atomic E-state index is 12.2. The molecule has 1 aliphatic rings. The average Bonchev–Trinajstić information content (AvgIpc) is 2.88. The Morgan fingerprint density at radius 2 is 2.28 bits per heavy atom. The lowest BCUT2D eigenvalue weighted by Gasteiger charge is -2.17. The number of hydrogen-bond donors (Lipinski definition) is 1. The van der Waals surface area contributed by atoms with Gasteiger partial charge in [0.2, 0.25) is 5.91 Å². The Morgan fingerprint density at radius 3 is 2.94 bits per heavy atom. The quantitative estimate of drug-likeness (QED) is 0.866. The Morgan fingerprint density at radius 1 is 1.50 bits per heavy atom. The van der Waals surface area contributed by atoms with Gasteiger partial charge in [0.1, 0.15) is 5.75 Å². The van der Waals surface area contributed by atoms with Crippen LogP contribution in [0.3, 0.4) is 0 Å². The summed E-state index contributed by atoms with van der Waals surface area (Å²) in [6.45, 7) is 2.29. The lowest BCUT2D eigenvalue weighted by Crippen LogP contribution is -2.31. The number of ether oxygens (including phenoxy) is 1. The minimum Gasteiger partial charge on any atom is -0.496 e. The zero-order valence-electron chi connectivity index (χ0n) is 10.8. The SMILES string of the molecule is COc1ccccc1CC(=O)N1CCC(CN)C1. The van der Waals surface area contributed by atoms with Crippen LogP contribution in [0.25, 0.3) is 0 Å². The Bertz CT molecular complexity index is 420. The average molecular weight is 248 g/mol. The molecule has 4 heteroatoms. The summed E-state index contributed by atoms with van der Waals surface area (Å²) in [6.07, 6.45) is 1.43.